The van der Waals surface area contributed by atoms with Crippen LogP contribution in [0.3, 0.4) is 0 Å². The maximum absolute atomic E-state index is 13.0. The van der Waals surface area contributed by atoms with Crippen molar-refractivity contribution in [2.45, 2.75) is 31.2 Å². The third kappa shape index (κ3) is 4.26. The predicted octanol–water partition coefficient (Wildman–Crippen LogP) is 2.63. The number of anilines is 1. The second-order valence-electron chi connectivity index (χ2n) is 7.49. The van der Waals surface area contributed by atoms with Crippen molar-refractivity contribution in [2.24, 2.45) is 0 Å². The summed E-state index contributed by atoms with van der Waals surface area (Å²) in [4.78, 5) is 28.1. The molecular formula is C22H23N3O6S. The van der Waals surface area contributed by atoms with E-state index in [0.29, 0.717) is 42.3 Å². The lowest BCUT2D eigenvalue weighted by Crippen LogP contribution is -2.35. The highest BCUT2D eigenvalue weighted by atomic mass is 32.2. The van der Waals surface area contributed by atoms with Gasteiger partial charge in [0.25, 0.3) is 15.9 Å². The van der Waals surface area contributed by atoms with Gasteiger partial charge < -0.3 is 19.8 Å². The van der Waals surface area contributed by atoms with Gasteiger partial charge in [-0.05, 0) is 43.7 Å². The van der Waals surface area contributed by atoms with E-state index in [9.17, 15) is 18.0 Å². The molecule has 3 aromatic rings. The van der Waals surface area contributed by atoms with Crippen molar-refractivity contribution >= 4 is 32.5 Å². The molecule has 0 bridgehead atoms. The van der Waals surface area contributed by atoms with Gasteiger partial charge in [-0.25, -0.2) is 8.42 Å². The number of hydrogen-bond acceptors (Lipinski definition) is 6. The summed E-state index contributed by atoms with van der Waals surface area (Å²) in [6, 6.07) is 8.77. The molecule has 1 amide bonds. The van der Waals surface area contributed by atoms with Gasteiger partial charge in [-0.3, -0.25) is 14.3 Å². The molecule has 0 saturated carbocycles. The summed E-state index contributed by atoms with van der Waals surface area (Å²) in [5, 5.41) is 2.85. The average Bonchev–Trinajstić information content (AvgIpc) is 2.78. The third-order valence-electron chi connectivity index (χ3n) is 5.19. The van der Waals surface area contributed by atoms with E-state index in [1.54, 1.807) is 12.1 Å². The average molecular weight is 458 g/mol. The van der Waals surface area contributed by atoms with Gasteiger partial charge in [0.2, 0.25) is 5.43 Å². The fraction of sp³-hybridized carbons (Fsp3) is 0.273. The Hall–Kier alpha value is -3.53. The number of rotatable bonds is 6. The number of ether oxygens (including phenoxy) is 2. The molecule has 0 aliphatic carbocycles. The number of benzene rings is 2. The molecule has 1 aliphatic heterocycles. The topological polar surface area (TPSA) is 127 Å². The van der Waals surface area contributed by atoms with Crippen molar-refractivity contribution in [1.82, 2.24) is 10.3 Å². The lowest BCUT2D eigenvalue weighted by molar-refractivity contribution is 0.0938. The number of nitrogens with one attached hydrogen (secondary N) is 3. The second kappa shape index (κ2) is 8.54. The Balaban J connectivity index is 1.67. The molecular weight excluding hydrogens is 434 g/mol. The molecule has 2 heterocycles. The minimum absolute atomic E-state index is 0.0767. The standard InChI is InChI=1S/C22H23N3O6S/c1-3-13(2)24-22(27)17-12-23-18-6-5-15(11-16(18)21(17)26)32(28,29)25-14-4-7-19-20(10-14)31-9-8-30-19/h4-7,10-13,25H,3,8-9H2,1-2H3,(H,23,26)(H,24,27)/t13-/m0/s1. The van der Waals surface area contributed by atoms with E-state index in [-0.39, 0.29) is 21.9 Å². The molecule has 9 nitrogen and oxygen atoms in total. The molecule has 0 radical (unpaired) electrons. The smallest absolute Gasteiger partial charge is 0.261 e. The summed E-state index contributed by atoms with van der Waals surface area (Å²) in [5.41, 5.74) is 0.0985. The Morgan fingerprint density at radius 2 is 1.88 bits per heavy atom. The fourth-order valence-electron chi connectivity index (χ4n) is 3.26. The second-order valence-corrected chi connectivity index (χ2v) is 9.17. The molecule has 0 fully saturated rings. The van der Waals surface area contributed by atoms with Crippen LogP contribution in [0.2, 0.25) is 0 Å². The van der Waals surface area contributed by atoms with Gasteiger partial charge in [0.1, 0.15) is 18.8 Å². The minimum Gasteiger partial charge on any atom is -0.486 e. The number of aromatic amines is 1. The molecule has 32 heavy (non-hydrogen) atoms. The van der Waals surface area contributed by atoms with Crippen LogP contribution >= 0.6 is 0 Å². The Morgan fingerprint density at radius 3 is 2.62 bits per heavy atom. The van der Waals surface area contributed by atoms with Gasteiger partial charge in [0.15, 0.2) is 11.5 Å². The highest BCUT2D eigenvalue weighted by Gasteiger charge is 2.20. The van der Waals surface area contributed by atoms with Crippen LogP contribution in [0.25, 0.3) is 10.9 Å². The van der Waals surface area contributed by atoms with Crippen LogP contribution in [0.15, 0.2) is 52.3 Å². The number of H-pyrrole nitrogens is 1. The van der Waals surface area contributed by atoms with Crippen LogP contribution in [-0.2, 0) is 10.0 Å². The van der Waals surface area contributed by atoms with Crippen LogP contribution < -0.4 is 24.9 Å². The number of carbonyl (C=O) groups is 1. The summed E-state index contributed by atoms with van der Waals surface area (Å²) < 4.78 is 39.3. The van der Waals surface area contributed by atoms with Crippen LogP contribution in [0.4, 0.5) is 5.69 Å². The molecule has 168 valence electrons. The zero-order valence-electron chi connectivity index (χ0n) is 17.6. The van der Waals surface area contributed by atoms with Crippen molar-refractivity contribution in [3.8, 4) is 11.5 Å². The van der Waals surface area contributed by atoms with Crippen LogP contribution in [0.5, 0.6) is 11.5 Å². The normalized spacial score (nSPS) is 14.1. The van der Waals surface area contributed by atoms with Crippen molar-refractivity contribution < 1.29 is 22.7 Å². The molecule has 4 rings (SSSR count). The molecule has 1 aromatic heterocycles. The van der Waals surface area contributed by atoms with Crippen LogP contribution in [0, 0.1) is 0 Å². The van der Waals surface area contributed by atoms with E-state index in [2.05, 4.69) is 15.0 Å². The van der Waals surface area contributed by atoms with E-state index in [1.807, 2.05) is 13.8 Å². The van der Waals surface area contributed by atoms with Crippen LogP contribution in [-0.4, -0.2) is 38.6 Å². The minimum atomic E-state index is -4.00. The Morgan fingerprint density at radius 1 is 1.12 bits per heavy atom. The van der Waals surface area contributed by atoms with Crippen molar-refractivity contribution in [2.75, 3.05) is 17.9 Å². The molecule has 10 heteroatoms. The van der Waals surface area contributed by atoms with Gasteiger partial charge in [0.05, 0.1) is 10.6 Å². The first kappa shape index (κ1) is 21.7. The monoisotopic (exact) mass is 457 g/mol. The number of aromatic nitrogens is 1. The van der Waals surface area contributed by atoms with Crippen molar-refractivity contribution in [3.05, 3.63) is 58.4 Å². The Kier molecular flexibility index (Phi) is 5.79. The van der Waals surface area contributed by atoms with Gasteiger partial charge in [-0.2, -0.15) is 0 Å². The largest absolute Gasteiger partial charge is 0.486 e. The van der Waals surface area contributed by atoms with Gasteiger partial charge in [0, 0.05) is 29.2 Å². The van der Waals surface area contributed by atoms with E-state index in [1.165, 1.54) is 30.5 Å². The SMILES string of the molecule is CC[C@H](C)NC(=O)c1c[nH]c2ccc(S(=O)(=O)Nc3ccc4c(c3)OCCO4)cc2c1=O. The molecule has 1 atom stereocenters. The number of sulfonamides is 1. The number of hydrogen-bond donors (Lipinski definition) is 3. The predicted molar refractivity (Wildman–Crippen MR) is 120 cm³/mol. The van der Waals surface area contributed by atoms with Crippen molar-refractivity contribution in [3.63, 3.8) is 0 Å². The van der Waals surface area contributed by atoms with E-state index in [4.69, 9.17) is 9.47 Å². The third-order valence-corrected chi connectivity index (χ3v) is 6.57. The molecule has 0 spiro atoms. The van der Waals surface area contributed by atoms with Gasteiger partial charge in [-0.15, -0.1) is 0 Å². The summed E-state index contributed by atoms with van der Waals surface area (Å²) in [6.07, 6.45) is 2.05. The zero-order chi connectivity index (χ0) is 22.9. The number of pyridine rings is 1. The molecule has 1 aliphatic rings. The summed E-state index contributed by atoms with van der Waals surface area (Å²) in [6.45, 7) is 4.56. The summed E-state index contributed by atoms with van der Waals surface area (Å²) in [7, 11) is -4.00. The van der Waals surface area contributed by atoms with E-state index >= 15 is 0 Å². The van der Waals surface area contributed by atoms with Crippen LogP contribution in [0.1, 0.15) is 30.6 Å². The quantitative estimate of drug-likeness (QED) is 0.522. The molecule has 2 aromatic carbocycles. The van der Waals surface area contributed by atoms with Crippen molar-refractivity contribution in [1.29, 1.82) is 0 Å². The molecule has 0 unspecified atom stereocenters. The number of amides is 1. The first-order chi connectivity index (χ1) is 15.3. The molecule has 3 N–H and O–H groups in total. The highest BCUT2D eigenvalue weighted by Crippen LogP contribution is 2.33. The Labute approximate surface area is 184 Å². The lowest BCUT2D eigenvalue weighted by atomic mass is 10.1. The zero-order valence-corrected chi connectivity index (χ0v) is 18.4. The van der Waals surface area contributed by atoms with E-state index < -0.39 is 21.4 Å². The maximum atomic E-state index is 13.0. The Bertz CT molecular complexity index is 1350. The van der Waals surface area contributed by atoms with Gasteiger partial charge in [-0.1, -0.05) is 6.92 Å². The molecule has 0 saturated heterocycles. The van der Waals surface area contributed by atoms with Gasteiger partial charge >= 0.3 is 0 Å². The summed E-state index contributed by atoms with van der Waals surface area (Å²) >= 11 is 0. The highest BCUT2D eigenvalue weighted by molar-refractivity contribution is 7.92. The number of carbonyl (C=O) groups excluding carboxylic acids is 1. The first-order valence-corrected chi connectivity index (χ1v) is 11.7. The summed E-state index contributed by atoms with van der Waals surface area (Å²) in [5.74, 6) is 0.480. The maximum Gasteiger partial charge on any atom is 0.261 e. The van der Waals surface area contributed by atoms with E-state index in [0.717, 1.165) is 0 Å². The fourth-order valence-corrected chi connectivity index (χ4v) is 4.33. The lowest BCUT2D eigenvalue weighted by Gasteiger charge is -2.19. The first-order valence-electron chi connectivity index (χ1n) is 10.2. The number of fused-ring (bicyclic) bond motifs is 2.